The van der Waals surface area contributed by atoms with Gasteiger partial charge in [0.2, 0.25) is 0 Å². The van der Waals surface area contributed by atoms with Crippen LogP contribution < -0.4 is 5.73 Å². The van der Waals surface area contributed by atoms with Crippen molar-refractivity contribution in [2.75, 3.05) is 0 Å². The number of nitrogens with two attached hydrogens (primary N) is 1. The van der Waals surface area contributed by atoms with Crippen molar-refractivity contribution in [2.45, 2.75) is 25.3 Å². The summed E-state index contributed by atoms with van der Waals surface area (Å²) >= 11 is 0. The van der Waals surface area contributed by atoms with E-state index in [0.717, 1.165) is 25.0 Å². The van der Waals surface area contributed by atoms with Gasteiger partial charge in [-0.1, -0.05) is 5.16 Å². The van der Waals surface area contributed by atoms with Gasteiger partial charge in [-0.05, 0) is 12.8 Å². The Bertz CT molecular complexity index is 231. The summed E-state index contributed by atoms with van der Waals surface area (Å²) in [6.07, 6.45) is 4.69. The number of hydrogen-bond donors (Lipinski definition) is 1. The quantitative estimate of drug-likeness (QED) is 0.567. The van der Waals surface area contributed by atoms with E-state index >= 15 is 0 Å². The number of nitrogens with zero attached hydrogens (tertiary/aromatic N) is 1. The van der Waals surface area contributed by atoms with Gasteiger partial charge in [-0.15, -0.1) is 0 Å². The molecule has 1 aromatic heterocycles. The van der Waals surface area contributed by atoms with Crippen LogP contribution in [0.3, 0.4) is 0 Å². The Kier molecular flexibility index (Phi) is 1.24. The molecule has 1 heterocycles. The van der Waals surface area contributed by atoms with Gasteiger partial charge in [0.1, 0.15) is 5.76 Å². The van der Waals surface area contributed by atoms with Crippen LogP contribution >= 0.6 is 0 Å². The smallest absolute Gasteiger partial charge is 0.140 e. The molecule has 3 heteroatoms. The van der Waals surface area contributed by atoms with E-state index in [2.05, 4.69) is 5.16 Å². The lowest BCUT2D eigenvalue weighted by Gasteiger charge is -2.14. The number of aryl methyl sites for hydroxylation is 1. The van der Waals surface area contributed by atoms with Crippen molar-refractivity contribution < 1.29 is 4.52 Å². The minimum Gasteiger partial charge on any atom is -0.361 e. The fourth-order valence-electron chi connectivity index (χ4n) is 1.36. The second kappa shape index (κ2) is 2.09. The molecule has 1 aromatic rings. The van der Waals surface area contributed by atoms with Crippen molar-refractivity contribution in [3.63, 3.8) is 0 Å². The fourth-order valence-corrected chi connectivity index (χ4v) is 1.36. The lowest BCUT2D eigenvalue weighted by atomic mass is 9.95. The van der Waals surface area contributed by atoms with Gasteiger partial charge in [0.15, 0.2) is 0 Å². The van der Waals surface area contributed by atoms with E-state index < -0.39 is 0 Å². The van der Waals surface area contributed by atoms with Crippen molar-refractivity contribution in [2.24, 2.45) is 5.73 Å². The average Bonchev–Trinajstić information content (AvgIpc) is 2.33. The maximum absolute atomic E-state index is 5.74. The first-order valence-electron chi connectivity index (χ1n) is 3.54. The van der Waals surface area contributed by atoms with Gasteiger partial charge >= 0.3 is 0 Å². The minimum absolute atomic E-state index is 0.312. The Labute approximate surface area is 59.2 Å². The van der Waals surface area contributed by atoms with Crippen LogP contribution in [-0.4, -0.2) is 11.2 Å². The van der Waals surface area contributed by atoms with Gasteiger partial charge in [-0.3, -0.25) is 0 Å². The predicted molar refractivity (Wildman–Crippen MR) is 36.5 cm³/mol. The Hall–Kier alpha value is -0.830. The third kappa shape index (κ3) is 0.827. The lowest BCUT2D eigenvalue weighted by Crippen LogP contribution is -2.26. The van der Waals surface area contributed by atoms with Gasteiger partial charge in [-0.25, -0.2) is 0 Å². The topological polar surface area (TPSA) is 52.0 Å². The van der Waals surface area contributed by atoms with Gasteiger partial charge in [-0.2, -0.15) is 0 Å². The standard InChI is InChI=1S/C7H10N2O/c8-6-1-2-7-5(3-6)4-9-10-7/h4,6H,1-3,8H2/t6-/m1/s1. The minimum atomic E-state index is 0.312. The fraction of sp³-hybridized carbons (Fsp3) is 0.571. The van der Waals surface area contributed by atoms with Crippen LogP contribution in [0.15, 0.2) is 10.7 Å². The van der Waals surface area contributed by atoms with Crippen LogP contribution in [0.5, 0.6) is 0 Å². The van der Waals surface area contributed by atoms with Gasteiger partial charge in [0.25, 0.3) is 0 Å². The van der Waals surface area contributed by atoms with Crippen molar-refractivity contribution in [1.82, 2.24) is 5.16 Å². The summed E-state index contributed by atoms with van der Waals surface area (Å²) in [6, 6.07) is 0.312. The Morgan fingerprint density at radius 3 is 3.50 bits per heavy atom. The second-order valence-electron chi connectivity index (χ2n) is 2.78. The number of rotatable bonds is 0. The van der Waals surface area contributed by atoms with Crippen LogP contribution in [-0.2, 0) is 12.8 Å². The average molecular weight is 138 g/mol. The summed E-state index contributed by atoms with van der Waals surface area (Å²) in [6.45, 7) is 0. The molecule has 0 fully saturated rings. The molecule has 1 atom stereocenters. The van der Waals surface area contributed by atoms with Gasteiger partial charge in [0, 0.05) is 18.0 Å². The Morgan fingerprint density at radius 2 is 2.60 bits per heavy atom. The molecular formula is C7H10N2O. The number of hydrogen-bond acceptors (Lipinski definition) is 3. The molecule has 0 unspecified atom stereocenters. The molecule has 1 aliphatic carbocycles. The largest absolute Gasteiger partial charge is 0.361 e. The van der Waals surface area contributed by atoms with Crippen LogP contribution in [0.2, 0.25) is 0 Å². The molecule has 0 radical (unpaired) electrons. The Balaban J connectivity index is 2.30. The van der Waals surface area contributed by atoms with E-state index in [4.69, 9.17) is 10.3 Å². The monoisotopic (exact) mass is 138 g/mol. The SMILES string of the molecule is N[C@@H]1CCc2oncc2C1. The molecule has 0 aromatic carbocycles. The number of fused-ring (bicyclic) bond motifs is 1. The molecular weight excluding hydrogens is 128 g/mol. The highest BCUT2D eigenvalue weighted by Gasteiger charge is 2.18. The highest BCUT2D eigenvalue weighted by atomic mass is 16.5. The first-order valence-corrected chi connectivity index (χ1v) is 3.54. The molecule has 0 spiro atoms. The lowest BCUT2D eigenvalue weighted by molar-refractivity contribution is 0.366. The van der Waals surface area contributed by atoms with Crippen molar-refractivity contribution >= 4 is 0 Å². The Morgan fingerprint density at radius 1 is 1.70 bits per heavy atom. The van der Waals surface area contributed by atoms with E-state index in [-0.39, 0.29) is 0 Å². The number of aromatic nitrogens is 1. The highest BCUT2D eigenvalue weighted by molar-refractivity contribution is 5.18. The second-order valence-corrected chi connectivity index (χ2v) is 2.78. The molecule has 1 aliphatic rings. The van der Waals surface area contributed by atoms with Crippen LogP contribution in [0.4, 0.5) is 0 Å². The van der Waals surface area contributed by atoms with E-state index in [1.807, 2.05) is 0 Å². The molecule has 0 aliphatic heterocycles. The van der Waals surface area contributed by atoms with E-state index in [1.54, 1.807) is 6.20 Å². The third-order valence-electron chi connectivity index (χ3n) is 1.95. The molecule has 2 rings (SSSR count). The first-order chi connectivity index (χ1) is 4.86. The van der Waals surface area contributed by atoms with Crippen LogP contribution in [0.1, 0.15) is 17.7 Å². The van der Waals surface area contributed by atoms with E-state index in [0.29, 0.717) is 6.04 Å². The summed E-state index contributed by atoms with van der Waals surface area (Å²) in [5.41, 5.74) is 6.93. The molecule has 3 nitrogen and oxygen atoms in total. The molecule has 0 saturated heterocycles. The van der Waals surface area contributed by atoms with E-state index in [9.17, 15) is 0 Å². The summed E-state index contributed by atoms with van der Waals surface area (Å²) in [4.78, 5) is 0. The first kappa shape index (κ1) is 5.92. The highest BCUT2D eigenvalue weighted by Crippen LogP contribution is 2.19. The van der Waals surface area contributed by atoms with Crippen LogP contribution in [0, 0.1) is 0 Å². The molecule has 0 saturated carbocycles. The molecule has 2 N–H and O–H groups in total. The molecule has 54 valence electrons. The summed E-state index contributed by atoms with van der Waals surface area (Å²) < 4.78 is 5.00. The van der Waals surface area contributed by atoms with Crippen molar-refractivity contribution in [1.29, 1.82) is 0 Å². The third-order valence-corrected chi connectivity index (χ3v) is 1.95. The predicted octanol–water partition coefficient (Wildman–Crippen LogP) is 0.491. The molecule has 0 bridgehead atoms. The van der Waals surface area contributed by atoms with Crippen LogP contribution in [0.25, 0.3) is 0 Å². The normalized spacial score (nSPS) is 24.3. The molecule has 0 amide bonds. The zero-order valence-corrected chi connectivity index (χ0v) is 5.71. The summed E-state index contributed by atoms with van der Waals surface area (Å²) in [5.74, 6) is 1.03. The summed E-state index contributed by atoms with van der Waals surface area (Å²) in [7, 11) is 0. The van der Waals surface area contributed by atoms with Gasteiger partial charge in [0.05, 0.1) is 6.20 Å². The maximum atomic E-state index is 5.74. The zero-order valence-electron chi connectivity index (χ0n) is 5.71. The maximum Gasteiger partial charge on any atom is 0.140 e. The van der Waals surface area contributed by atoms with Gasteiger partial charge < -0.3 is 10.3 Å². The molecule has 10 heavy (non-hydrogen) atoms. The van der Waals surface area contributed by atoms with Crippen molar-refractivity contribution in [3.8, 4) is 0 Å². The summed E-state index contributed by atoms with van der Waals surface area (Å²) in [5, 5.41) is 3.71. The zero-order chi connectivity index (χ0) is 6.97. The van der Waals surface area contributed by atoms with E-state index in [1.165, 1.54) is 5.56 Å². The van der Waals surface area contributed by atoms with Crippen molar-refractivity contribution in [3.05, 3.63) is 17.5 Å².